The van der Waals surface area contributed by atoms with Crippen LogP contribution in [0.1, 0.15) is 23.7 Å². The molecule has 3 aliphatic rings. The molecule has 136 valence electrons. The summed E-state index contributed by atoms with van der Waals surface area (Å²) >= 11 is 0. The highest BCUT2D eigenvalue weighted by molar-refractivity contribution is 5.95. The van der Waals surface area contributed by atoms with Gasteiger partial charge in [-0.25, -0.2) is 0 Å². The van der Waals surface area contributed by atoms with Gasteiger partial charge in [0.25, 0.3) is 5.91 Å². The smallest absolute Gasteiger partial charge is 0.254 e. The van der Waals surface area contributed by atoms with Crippen molar-refractivity contribution in [1.82, 2.24) is 4.90 Å². The van der Waals surface area contributed by atoms with E-state index in [1.807, 2.05) is 11.8 Å². The maximum absolute atomic E-state index is 13.2. The number of carbonyl (C=O) groups excluding carboxylic acids is 1. The molecule has 7 nitrogen and oxygen atoms in total. The zero-order valence-corrected chi connectivity index (χ0v) is 14.4. The SMILES string of the molecule is CCOC[C@@H]1C[C@@]2(COCCN2C(=O)c2ccc3c(c2)OCO3)CO1. The fraction of sp³-hybridized carbons (Fsp3) is 0.611. The molecule has 0 saturated carbocycles. The molecule has 1 aromatic rings. The number of amides is 1. The molecule has 3 heterocycles. The van der Waals surface area contributed by atoms with Crippen LogP contribution < -0.4 is 9.47 Å². The van der Waals surface area contributed by atoms with Crippen molar-refractivity contribution < 1.29 is 28.5 Å². The van der Waals surface area contributed by atoms with Crippen LogP contribution in [0.2, 0.25) is 0 Å². The van der Waals surface area contributed by atoms with Crippen molar-refractivity contribution in [3.63, 3.8) is 0 Å². The zero-order valence-electron chi connectivity index (χ0n) is 14.4. The number of hydrogen-bond acceptors (Lipinski definition) is 6. The van der Waals surface area contributed by atoms with E-state index in [1.165, 1.54) is 0 Å². The number of benzene rings is 1. The Morgan fingerprint density at radius 1 is 1.32 bits per heavy atom. The van der Waals surface area contributed by atoms with Gasteiger partial charge in [-0.3, -0.25) is 4.79 Å². The summed E-state index contributed by atoms with van der Waals surface area (Å²) in [5, 5.41) is 0. The lowest BCUT2D eigenvalue weighted by Gasteiger charge is -2.43. The van der Waals surface area contributed by atoms with Gasteiger partial charge in [-0.2, -0.15) is 0 Å². The van der Waals surface area contributed by atoms with Crippen LogP contribution in [-0.4, -0.2) is 68.8 Å². The minimum atomic E-state index is -0.423. The summed E-state index contributed by atoms with van der Waals surface area (Å²) in [4.78, 5) is 15.1. The summed E-state index contributed by atoms with van der Waals surface area (Å²) in [5.41, 5.74) is 0.173. The van der Waals surface area contributed by atoms with Crippen LogP contribution in [0.15, 0.2) is 18.2 Å². The number of ether oxygens (including phenoxy) is 5. The second-order valence-electron chi connectivity index (χ2n) is 6.60. The van der Waals surface area contributed by atoms with Gasteiger partial charge >= 0.3 is 0 Å². The third kappa shape index (κ3) is 3.07. The molecule has 0 radical (unpaired) electrons. The van der Waals surface area contributed by atoms with Gasteiger partial charge in [-0.1, -0.05) is 0 Å². The van der Waals surface area contributed by atoms with E-state index in [9.17, 15) is 4.79 Å². The molecule has 4 rings (SSSR count). The molecule has 25 heavy (non-hydrogen) atoms. The minimum absolute atomic E-state index is 0.00583. The van der Waals surface area contributed by atoms with E-state index in [4.69, 9.17) is 23.7 Å². The number of morpholine rings is 1. The first-order valence-electron chi connectivity index (χ1n) is 8.70. The Labute approximate surface area is 146 Å². The maximum Gasteiger partial charge on any atom is 0.254 e. The molecule has 2 saturated heterocycles. The molecule has 0 N–H and O–H groups in total. The quantitative estimate of drug-likeness (QED) is 0.820. The molecule has 3 aliphatic heterocycles. The van der Waals surface area contributed by atoms with Gasteiger partial charge in [-0.05, 0) is 25.1 Å². The van der Waals surface area contributed by atoms with Gasteiger partial charge in [-0.15, -0.1) is 0 Å². The molecule has 0 bridgehead atoms. The van der Waals surface area contributed by atoms with Crippen LogP contribution in [0.4, 0.5) is 0 Å². The van der Waals surface area contributed by atoms with Gasteiger partial charge < -0.3 is 28.6 Å². The van der Waals surface area contributed by atoms with Crippen molar-refractivity contribution in [3.8, 4) is 11.5 Å². The van der Waals surface area contributed by atoms with Gasteiger partial charge in [0.2, 0.25) is 6.79 Å². The lowest BCUT2D eigenvalue weighted by atomic mass is 9.92. The summed E-state index contributed by atoms with van der Waals surface area (Å²) < 4.78 is 27.8. The molecular formula is C18H23NO6. The maximum atomic E-state index is 13.2. The van der Waals surface area contributed by atoms with Crippen molar-refractivity contribution in [1.29, 1.82) is 0 Å². The van der Waals surface area contributed by atoms with E-state index in [0.717, 1.165) is 6.42 Å². The topological polar surface area (TPSA) is 66.5 Å². The zero-order chi connectivity index (χ0) is 17.3. The first kappa shape index (κ1) is 16.6. The van der Waals surface area contributed by atoms with Crippen LogP contribution in [-0.2, 0) is 14.2 Å². The van der Waals surface area contributed by atoms with Gasteiger partial charge in [0.15, 0.2) is 11.5 Å². The monoisotopic (exact) mass is 349 g/mol. The lowest BCUT2D eigenvalue weighted by molar-refractivity contribution is -0.0559. The fourth-order valence-corrected chi connectivity index (χ4v) is 3.70. The molecule has 0 aliphatic carbocycles. The number of rotatable bonds is 4. The van der Waals surface area contributed by atoms with Crippen LogP contribution in [0, 0.1) is 0 Å². The second-order valence-corrected chi connectivity index (χ2v) is 6.60. The van der Waals surface area contributed by atoms with Crippen LogP contribution in [0.25, 0.3) is 0 Å². The van der Waals surface area contributed by atoms with Crippen LogP contribution in [0.5, 0.6) is 11.5 Å². The first-order chi connectivity index (χ1) is 12.2. The summed E-state index contributed by atoms with van der Waals surface area (Å²) in [6.45, 7) is 5.41. The normalized spacial score (nSPS) is 27.9. The predicted octanol–water partition coefficient (Wildman–Crippen LogP) is 1.45. The van der Waals surface area contributed by atoms with Gasteiger partial charge in [0.05, 0.1) is 38.1 Å². The molecule has 1 amide bonds. The first-order valence-corrected chi connectivity index (χ1v) is 8.70. The predicted molar refractivity (Wildman–Crippen MR) is 88.0 cm³/mol. The highest BCUT2D eigenvalue weighted by Gasteiger charge is 2.49. The fourth-order valence-electron chi connectivity index (χ4n) is 3.70. The molecule has 1 aromatic carbocycles. The molecule has 1 spiro atoms. The average Bonchev–Trinajstić information content (AvgIpc) is 3.26. The molecule has 2 atom stereocenters. The number of hydrogen-bond donors (Lipinski definition) is 0. The third-order valence-electron chi connectivity index (χ3n) is 4.97. The Kier molecular flexibility index (Phi) is 4.54. The van der Waals surface area contributed by atoms with Crippen molar-refractivity contribution in [2.24, 2.45) is 0 Å². The van der Waals surface area contributed by atoms with E-state index in [-0.39, 0.29) is 18.8 Å². The van der Waals surface area contributed by atoms with Crippen LogP contribution in [0.3, 0.4) is 0 Å². The largest absolute Gasteiger partial charge is 0.454 e. The van der Waals surface area contributed by atoms with Crippen molar-refractivity contribution in [2.45, 2.75) is 25.0 Å². The van der Waals surface area contributed by atoms with E-state index in [0.29, 0.717) is 56.6 Å². The minimum Gasteiger partial charge on any atom is -0.454 e. The number of fused-ring (bicyclic) bond motifs is 1. The van der Waals surface area contributed by atoms with Gasteiger partial charge in [0.1, 0.15) is 0 Å². The van der Waals surface area contributed by atoms with Crippen molar-refractivity contribution >= 4 is 5.91 Å². The van der Waals surface area contributed by atoms with Gasteiger partial charge in [0, 0.05) is 25.1 Å². The second kappa shape index (κ2) is 6.82. The lowest BCUT2D eigenvalue weighted by Crippen LogP contribution is -2.59. The van der Waals surface area contributed by atoms with E-state index in [2.05, 4.69) is 0 Å². The molecule has 0 unspecified atom stereocenters. The summed E-state index contributed by atoms with van der Waals surface area (Å²) in [5.74, 6) is 1.27. The highest BCUT2D eigenvalue weighted by Crippen LogP contribution is 2.36. The van der Waals surface area contributed by atoms with E-state index < -0.39 is 5.54 Å². The molecular weight excluding hydrogens is 326 g/mol. The van der Waals surface area contributed by atoms with E-state index >= 15 is 0 Å². The Morgan fingerprint density at radius 2 is 2.20 bits per heavy atom. The standard InChI is InChI=1S/C18H23NO6/c1-2-21-9-14-8-18(11-23-14)10-22-6-5-19(18)17(20)13-3-4-15-16(7-13)25-12-24-15/h3-4,7,14H,2,5-6,8-12H2,1H3/t14-,18+/m0/s1. The average molecular weight is 349 g/mol. The summed E-state index contributed by atoms with van der Waals surface area (Å²) in [6, 6.07) is 5.32. The van der Waals surface area contributed by atoms with Crippen molar-refractivity contribution in [3.05, 3.63) is 23.8 Å². The third-order valence-corrected chi connectivity index (χ3v) is 4.97. The Bertz CT molecular complexity index is 650. The molecule has 2 fully saturated rings. The van der Waals surface area contributed by atoms with E-state index in [1.54, 1.807) is 18.2 Å². The number of carbonyl (C=O) groups is 1. The molecule has 7 heteroatoms. The summed E-state index contributed by atoms with van der Waals surface area (Å²) in [6.07, 6.45) is 0.720. The molecule has 0 aromatic heterocycles. The Morgan fingerprint density at radius 3 is 3.08 bits per heavy atom. The summed E-state index contributed by atoms with van der Waals surface area (Å²) in [7, 11) is 0. The van der Waals surface area contributed by atoms with Crippen LogP contribution >= 0.6 is 0 Å². The Balaban J connectivity index is 1.54. The Hall–Kier alpha value is -1.83. The number of nitrogens with zero attached hydrogens (tertiary/aromatic N) is 1. The van der Waals surface area contributed by atoms with Crippen molar-refractivity contribution in [2.75, 3.05) is 46.4 Å². The highest BCUT2D eigenvalue weighted by atomic mass is 16.7.